The molecule has 3 aliphatic rings. The number of nitrogens with zero attached hydrogens (tertiary/aromatic N) is 5. The van der Waals surface area contributed by atoms with Crippen molar-refractivity contribution in [1.29, 1.82) is 0 Å². The third-order valence-corrected chi connectivity index (χ3v) is 8.80. The van der Waals surface area contributed by atoms with Crippen LogP contribution in [0.2, 0.25) is 5.02 Å². The Labute approximate surface area is 230 Å². The number of carbonyl (C=O) groups is 2. The Morgan fingerprint density at radius 2 is 1.76 bits per heavy atom. The van der Waals surface area contributed by atoms with E-state index in [0.29, 0.717) is 29.9 Å². The maximum Gasteiger partial charge on any atom is 0.243 e. The fourth-order valence-corrected chi connectivity index (χ4v) is 6.74. The van der Waals surface area contributed by atoms with Crippen molar-refractivity contribution in [3.63, 3.8) is 0 Å². The van der Waals surface area contributed by atoms with Gasteiger partial charge in [0.1, 0.15) is 12.4 Å². The van der Waals surface area contributed by atoms with Crippen LogP contribution < -0.4 is 10.6 Å². The van der Waals surface area contributed by atoms with Crippen LogP contribution >= 0.6 is 11.6 Å². The Balaban J connectivity index is 1.26. The molecular formula is C28H40ClN7O2. The minimum absolute atomic E-state index is 0.107. The first-order valence-electron chi connectivity index (χ1n) is 14.4. The monoisotopic (exact) mass is 541 g/mol. The number of nitrogens with one attached hydrogen (secondary N) is 2. The van der Waals surface area contributed by atoms with E-state index in [4.69, 9.17) is 11.6 Å². The Morgan fingerprint density at radius 3 is 2.50 bits per heavy atom. The number of hydrogen-bond donors (Lipinski definition) is 2. The van der Waals surface area contributed by atoms with E-state index in [1.165, 1.54) is 57.7 Å². The fraction of sp³-hybridized carbons (Fsp3) is 0.679. The Morgan fingerprint density at radius 1 is 1.00 bits per heavy atom. The topological polar surface area (TPSA) is 105 Å². The number of rotatable bonds is 9. The zero-order chi connectivity index (χ0) is 26.3. The van der Waals surface area contributed by atoms with Crippen LogP contribution in [0.1, 0.15) is 89.0 Å². The second-order valence-corrected chi connectivity index (χ2v) is 11.7. The molecule has 9 nitrogen and oxygen atoms in total. The number of aromatic nitrogens is 4. The summed E-state index contributed by atoms with van der Waals surface area (Å²) in [6, 6.07) is 5.17. The molecule has 0 radical (unpaired) electrons. The minimum atomic E-state index is -0.444. The lowest BCUT2D eigenvalue weighted by atomic mass is 9.84. The van der Waals surface area contributed by atoms with E-state index in [2.05, 4.69) is 26.2 Å². The number of hydrogen-bond acceptors (Lipinski definition) is 6. The van der Waals surface area contributed by atoms with Gasteiger partial charge in [-0.2, -0.15) is 0 Å². The van der Waals surface area contributed by atoms with Crippen LogP contribution in [-0.4, -0.2) is 61.6 Å². The van der Waals surface area contributed by atoms with Gasteiger partial charge in [0, 0.05) is 24.2 Å². The molecule has 206 valence electrons. The maximum absolute atomic E-state index is 14.0. The first-order chi connectivity index (χ1) is 18.6. The summed E-state index contributed by atoms with van der Waals surface area (Å²) in [6.45, 7) is 0.913. The Hall–Kier alpha value is -2.52. The molecule has 2 N–H and O–H groups in total. The molecule has 10 heteroatoms. The predicted octanol–water partition coefficient (Wildman–Crippen LogP) is 4.18. The lowest BCUT2D eigenvalue weighted by molar-refractivity contribution is -0.140. The van der Waals surface area contributed by atoms with Gasteiger partial charge in [-0.1, -0.05) is 63.0 Å². The van der Waals surface area contributed by atoms with Crippen LogP contribution in [0.5, 0.6) is 0 Å². The van der Waals surface area contributed by atoms with Crippen LogP contribution in [0.3, 0.4) is 0 Å². The van der Waals surface area contributed by atoms with E-state index >= 15 is 0 Å². The van der Waals surface area contributed by atoms with Gasteiger partial charge in [0.05, 0.1) is 11.7 Å². The molecule has 0 bridgehead atoms. The highest BCUT2D eigenvalue weighted by Gasteiger charge is 2.38. The van der Waals surface area contributed by atoms with Gasteiger partial charge in [-0.3, -0.25) is 9.59 Å². The second kappa shape index (κ2) is 13.0. The zero-order valence-electron chi connectivity index (χ0n) is 22.2. The molecule has 1 aromatic heterocycles. The average molecular weight is 542 g/mol. The van der Waals surface area contributed by atoms with Gasteiger partial charge in [-0.25, -0.2) is 4.68 Å². The van der Waals surface area contributed by atoms with Crippen molar-refractivity contribution in [2.75, 3.05) is 6.54 Å². The Kier molecular flexibility index (Phi) is 9.27. The molecule has 0 spiro atoms. The molecule has 2 aromatic rings. The number of tetrazole rings is 1. The summed E-state index contributed by atoms with van der Waals surface area (Å²) in [6.07, 6.45) is 16.2. The standard InChI is InChI=1S/C28H40ClN7O2/c29-22-13-14-25(36-19-31-33-34-36)21(17-22)18-30-27(37)26-12-7-15-35(26)28(38)24(16-20-8-3-1-4-9-20)32-23-10-5-2-6-11-23/h13-14,17,19-20,23-24,26,32H,1-12,15-16,18H2,(H,30,37)/t24-,26+/m1/s1. The van der Waals surface area contributed by atoms with E-state index in [9.17, 15) is 9.59 Å². The largest absolute Gasteiger partial charge is 0.350 e. The molecule has 38 heavy (non-hydrogen) atoms. The molecule has 3 fully saturated rings. The molecular weight excluding hydrogens is 502 g/mol. The molecule has 1 aromatic carbocycles. The van der Waals surface area contributed by atoms with E-state index in [1.807, 2.05) is 17.0 Å². The van der Waals surface area contributed by atoms with Gasteiger partial charge in [0.2, 0.25) is 11.8 Å². The summed E-state index contributed by atoms with van der Waals surface area (Å²) in [7, 11) is 0. The Bertz CT molecular complexity index is 1050. The summed E-state index contributed by atoms with van der Waals surface area (Å²) >= 11 is 6.25. The number of likely N-dealkylation sites (tertiary alicyclic amines) is 1. The maximum atomic E-state index is 14.0. The summed E-state index contributed by atoms with van der Waals surface area (Å²) in [5.74, 6) is 0.583. The smallest absolute Gasteiger partial charge is 0.243 e. The molecule has 1 saturated heterocycles. The van der Waals surface area contributed by atoms with Gasteiger partial charge in [-0.15, -0.1) is 5.10 Å². The van der Waals surface area contributed by atoms with Crippen LogP contribution in [0, 0.1) is 5.92 Å². The number of halogens is 1. The van der Waals surface area contributed by atoms with Crippen molar-refractivity contribution in [1.82, 2.24) is 35.7 Å². The molecule has 5 rings (SSSR count). The van der Waals surface area contributed by atoms with Crippen molar-refractivity contribution < 1.29 is 9.59 Å². The van der Waals surface area contributed by atoms with Crippen LogP contribution in [0.25, 0.3) is 5.69 Å². The quantitative estimate of drug-likeness (QED) is 0.493. The number of benzene rings is 1. The van der Waals surface area contributed by atoms with Gasteiger partial charge < -0.3 is 15.5 Å². The molecule has 2 heterocycles. The summed E-state index contributed by atoms with van der Waals surface area (Å²) in [5, 5.41) is 18.8. The van der Waals surface area contributed by atoms with E-state index in [1.54, 1.807) is 10.7 Å². The van der Waals surface area contributed by atoms with E-state index in [-0.39, 0.29) is 24.4 Å². The summed E-state index contributed by atoms with van der Waals surface area (Å²) in [5.41, 5.74) is 1.56. The van der Waals surface area contributed by atoms with E-state index < -0.39 is 6.04 Å². The van der Waals surface area contributed by atoms with E-state index in [0.717, 1.165) is 36.9 Å². The lowest BCUT2D eigenvalue weighted by Crippen LogP contribution is -2.55. The van der Waals surface area contributed by atoms with Crippen molar-refractivity contribution in [2.45, 2.75) is 108 Å². The summed E-state index contributed by atoms with van der Waals surface area (Å²) < 4.78 is 1.55. The second-order valence-electron chi connectivity index (χ2n) is 11.2. The van der Waals surface area contributed by atoms with Gasteiger partial charge in [0.15, 0.2) is 0 Å². The third-order valence-electron chi connectivity index (χ3n) is 8.56. The molecule has 2 saturated carbocycles. The summed E-state index contributed by atoms with van der Waals surface area (Å²) in [4.78, 5) is 29.2. The van der Waals surface area contributed by atoms with Crippen molar-refractivity contribution in [2.24, 2.45) is 5.92 Å². The molecule has 2 aliphatic carbocycles. The van der Waals surface area contributed by atoms with Gasteiger partial charge in [-0.05, 0) is 72.2 Å². The van der Waals surface area contributed by atoms with Gasteiger partial charge >= 0.3 is 0 Å². The zero-order valence-corrected chi connectivity index (χ0v) is 22.9. The van der Waals surface area contributed by atoms with Crippen LogP contribution in [0.15, 0.2) is 24.5 Å². The first-order valence-corrected chi connectivity index (χ1v) is 14.8. The SMILES string of the molecule is O=C(NCc1cc(Cl)ccc1-n1cnnn1)[C@@H]1CCCN1C(=O)[C@@H](CC1CCCCC1)NC1CCCCC1. The molecule has 2 atom stereocenters. The molecule has 2 amide bonds. The van der Waals surface area contributed by atoms with Crippen molar-refractivity contribution >= 4 is 23.4 Å². The predicted molar refractivity (Wildman–Crippen MR) is 146 cm³/mol. The normalized spacial score (nSPS) is 21.9. The van der Waals surface area contributed by atoms with Crippen LogP contribution in [0.4, 0.5) is 0 Å². The van der Waals surface area contributed by atoms with Crippen LogP contribution in [-0.2, 0) is 16.1 Å². The van der Waals surface area contributed by atoms with Crippen molar-refractivity contribution in [3.8, 4) is 5.69 Å². The molecule has 1 aliphatic heterocycles. The average Bonchev–Trinajstić information content (AvgIpc) is 3.65. The lowest BCUT2D eigenvalue weighted by Gasteiger charge is -2.35. The number of amides is 2. The molecule has 0 unspecified atom stereocenters. The highest BCUT2D eigenvalue weighted by Crippen LogP contribution is 2.30. The first kappa shape index (κ1) is 27.1. The fourth-order valence-electron chi connectivity index (χ4n) is 6.54. The highest BCUT2D eigenvalue weighted by atomic mass is 35.5. The number of carbonyl (C=O) groups excluding carboxylic acids is 2. The minimum Gasteiger partial charge on any atom is -0.350 e. The van der Waals surface area contributed by atoms with Gasteiger partial charge in [0.25, 0.3) is 0 Å². The third kappa shape index (κ3) is 6.72. The van der Waals surface area contributed by atoms with Crippen molar-refractivity contribution in [3.05, 3.63) is 35.1 Å². The highest BCUT2D eigenvalue weighted by molar-refractivity contribution is 6.30.